The van der Waals surface area contributed by atoms with Gasteiger partial charge in [-0.3, -0.25) is 0 Å². The van der Waals surface area contributed by atoms with Crippen molar-refractivity contribution < 1.29 is 90.0 Å². The number of carboxylic acids is 6. The molecule has 0 fully saturated rings. The van der Waals surface area contributed by atoms with Gasteiger partial charge in [0.25, 0.3) is 0 Å². The van der Waals surface area contributed by atoms with Crippen molar-refractivity contribution >= 4 is 52.6 Å². The number of carbonyl (C=O) groups excluding carboxylic acids is 6. The first-order chi connectivity index (χ1) is 13.6. The van der Waals surface area contributed by atoms with Crippen molar-refractivity contribution in [2.45, 2.75) is 0 Å². The number of aliphatic hydroxyl groups is 6. The molecule has 0 aromatic heterocycles. The Hall–Kier alpha value is -3.29. The SMILES string of the molecule is O=C([O-])CO.O=C([O-])CO.O=C([O-])CO.O=C([O-])CO.O=C([O-])CO.O=C([O-])CO.[B+3].[B+3]. The van der Waals surface area contributed by atoms with Crippen LogP contribution in [0.2, 0.25) is 0 Å². The predicted molar refractivity (Wildman–Crippen MR) is 84.1 cm³/mol. The largest absolute Gasteiger partial charge is 3.00 e. The molecule has 0 aliphatic carbocycles. The number of hydrogen-bond donors (Lipinski definition) is 6. The minimum absolute atomic E-state index is 0. The molecule has 18 nitrogen and oxygen atoms in total. The summed E-state index contributed by atoms with van der Waals surface area (Å²) in [6.45, 7) is -5.33. The van der Waals surface area contributed by atoms with Crippen LogP contribution in [0.3, 0.4) is 0 Å². The third-order valence-corrected chi connectivity index (χ3v) is 0.775. The van der Waals surface area contributed by atoms with Crippen LogP contribution in [0, 0.1) is 0 Å². The Labute approximate surface area is 183 Å². The molecule has 0 heterocycles. The molecule has 180 valence electrons. The second-order valence-corrected chi connectivity index (χ2v) is 3.18. The summed E-state index contributed by atoms with van der Waals surface area (Å²) in [7, 11) is 0. The average molecular weight is 472 g/mol. The maximum atomic E-state index is 9.01. The summed E-state index contributed by atoms with van der Waals surface area (Å²) in [5, 5.41) is 98.9. The molecule has 0 atom stereocenters. The molecular weight excluding hydrogens is 454 g/mol. The molecule has 0 rings (SSSR count). The minimum atomic E-state index is -1.44. The van der Waals surface area contributed by atoms with Gasteiger partial charge in [-0.2, -0.15) is 0 Å². The zero-order valence-electron chi connectivity index (χ0n) is 16.0. The number of carbonyl (C=O) groups is 6. The van der Waals surface area contributed by atoms with Crippen LogP contribution >= 0.6 is 0 Å². The second-order valence-electron chi connectivity index (χ2n) is 3.18. The van der Waals surface area contributed by atoms with Crippen molar-refractivity contribution in [1.29, 1.82) is 0 Å². The predicted octanol–water partition coefficient (Wildman–Crippen LogP) is -14.4. The fourth-order valence-corrected chi connectivity index (χ4v) is 0. The van der Waals surface area contributed by atoms with E-state index >= 15 is 0 Å². The average Bonchev–Trinajstić information content (AvgIpc) is 2.69. The number of rotatable bonds is 6. The smallest absolute Gasteiger partial charge is 0.548 e. The third kappa shape index (κ3) is 233. The Morgan fingerprint density at radius 1 is 0.344 bits per heavy atom. The molecule has 0 spiro atoms. The van der Waals surface area contributed by atoms with Crippen molar-refractivity contribution in [3.8, 4) is 0 Å². The maximum Gasteiger partial charge on any atom is 3.00 e. The Morgan fingerprint density at radius 2 is 0.375 bits per heavy atom. The monoisotopic (exact) mass is 472 g/mol. The maximum absolute atomic E-state index is 9.01. The van der Waals surface area contributed by atoms with Crippen molar-refractivity contribution in [1.82, 2.24) is 0 Å². The summed E-state index contributed by atoms with van der Waals surface area (Å²) < 4.78 is 0. The number of carboxylic acid groups (broad SMARTS) is 6. The zero-order valence-corrected chi connectivity index (χ0v) is 16.0. The van der Waals surface area contributed by atoms with Crippen LogP contribution in [0.25, 0.3) is 0 Å². The molecule has 0 aliphatic heterocycles. The fourth-order valence-electron chi connectivity index (χ4n) is 0. The van der Waals surface area contributed by atoms with E-state index < -0.39 is 75.5 Å². The number of aliphatic carboxylic acids is 6. The first-order valence-corrected chi connectivity index (χ1v) is 6.47. The van der Waals surface area contributed by atoms with Crippen molar-refractivity contribution in [3.05, 3.63) is 0 Å². The van der Waals surface area contributed by atoms with Gasteiger partial charge >= 0.3 is 16.8 Å². The van der Waals surface area contributed by atoms with Crippen LogP contribution in [0.4, 0.5) is 0 Å². The molecule has 0 aromatic carbocycles. The van der Waals surface area contributed by atoms with E-state index in [0.29, 0.717) is 0 Å². The normalized spacial score (nSPS) is 6.94. The zero-order chi connectivity index (χ0) is 25.7. The van der Waals surface area contributed by atoms with E-state index in [9.17, 15) is 0 Å². The van der Waals surface area contributed by atoms with Crippen molar-refractivity contribution in [2.24, 2.45) is 0 Å². The van der Waals surface area contributed by atoms with Gasteiger partial charge < -0.3 is 90.0 Å². The molecule has 0 saturated heterocycles. The van der Waals surface area contributed by atoms with Gasteiger partial charge in [-0.1, -0.05) is 0 Å². The van der Waals surface area contributed by atoms with Gasteiger partial charge in [0.2, 0.25) is 0 Å². The summed E-state index contributed by atoms with van der Waals surface area (Å²) in [6, 6.07) is 0. The van der Waals surface area contributed by atoms with E-state index in [1.165, 1.54) is 0 Å². The Morgan fingerprint density at radius 3 is 0.375 bits per heavy atom. The van der Waals surface area contributed by atoms with Crippen LogP contribution in [-0.4, -0.2) is 123 Å². The molecule has 0 bridgehead atoms. The molecule has 0 unspecified atom stereocenters. The first-order valence-electron chi connectivity index (χ1n) is 6.47. The minimum Gasteiger partial charge on any atom is -0.548 e. The number of hydrogen-bond acceptors (Lipinski definition) is 18. The van der Waals surface area contributed by atoms with Gasteiger partial charge in [-0.05, 0) is 0 Å². The standard InChI is InChI=1S/6C2H4O3.2B/c6*3-1-2(4)5;;/h6*3H,1H2,(H,4,5);;/q;;;;;;2*+3/p-6. The molecule has 0 aromatic rings. The molecular formula is C12H18B2O18. The summed E-state index contributed by atoms with van der Waals surface area (Å²) >= 11 is 0. The van der Waals surface area contributed by atoms with Crippen LogP contribution in [0.5, 0.6) is 0 Å². The Balaban J connectivity index is -0.0000000356. The number of aliphatic hydroxyl groups excluding tert-OH is 6. The van der Waals surface area contributed by atoms with Gasteiger partial charge in [0.1, 0.15) is 0 Å². The molecule has 20 heteroatoms. The molecule has 0 radical (unpaired) electrons. The van der Waals surface area contributed by atoms with Gasteiger partial charge in [0.05, 0.1) is 75.5 Å². The van der Waals surface area contributed by atoms with E-state index in [1.54, 1.807) is 0 Å². The summed E-state index contributed by atoms with van der Waals surface area (Å²) in [5.74, 6) is -8.64. The van der Waals surface area contributed by atoms with Gasteiger partial charge in [-0.15, -0.1) is 0 Å². The molecule has 6 N–H and O–H groups in total. The van der Waals surface area contributed by atoms with E-state index in [2.05, 4.69) is 0 Å². The van der Waals surface area contributed by atoms with Crippen molar-refractivity contribution in [3.63, 3.8) is 0 Å². The van der Waals surface area contributed by atoms with E-state index in [4.69, 9.17) is 90.0 Å². The van der Waals surface area contributed by atoms with Crippen molar-refractivity contribution in [2.75, 3.05) is 39.6 Å². The van der Waals surface area contributed by atoms with Gasteiger partial charge in [-0.25, -0.2) is 0 Å². The first kappa shape index (κ1) is 51.4. The van der Waals surface area contributed by atoms with E-state index in [1.807, 2.05) is 0 Å². The van der Waals surface area contributed by atoms with E-state index in [-0.39, 0.29) is 16.8 Å². The summed E-state index contributed by atoms with van der Waals surface area (Å²) in [4.78, 5) is 54.0. The topological polar surface area (TPSA) is 362 Å². The Bertz CT molecular complexity index is 360. The van der Waals surface area contributed by atoms with Gasteiger partial charge in [0.15, 0.2) is 0 Å². The second kappa shape index (κ2) is 46.1. The molecule has 0 amide bonds. The fraction of sp³-hybridized carbons (Fsp3) is 0.500. The summed E-state index contributed by atoms with van der Waals surface area (Å²) in [6.07, 6.45) is 0. The van der Waals surface area contributed by atoms with Crippen LogP contribution in [0.15, 0.2) is 0 Å². The Kier molecular flexibility index (Phi) is 74.0. The van der Waals surface area contributed by atoms with Crippen LogP contribution in [0.1, 0.15) is 0 Å². The van der Waals surface area contributed by atoms with E-state index in [0.717, 1.165) is 0 Å². The molecule has 0 saturated carbocycles. The summed E-state index contributed by atoms with van der Waals surface area (Å²) in [5.41, 5.74) is 0. The molecule has 32 heavy (non-hydrogen) atoms. The quantitative estimate of drug-likeness (QED) is 0.195. The van der Waals surface area contributed by atoms with Crippen LogP contribution < -0.4 is 30.6 Å². The third-order valence-electron chi connectivity index (χ3n) is 0.775. The van der Waals surface area contributed by atoms with Gasteiger partial charge in [0, 0.05) is 0 Å². The molecule has 0 aliphatic rings. The van der Waals surface area contributed by atoms with Crippen LogP contribution in [-0.2, 0) is 28.8 Å².